The lowest BCUT2D eigenvalue weighted by Crippen LogP contribution is -2.04. The minimum Gasteiger partial charge on any atom is -0.318 e. The number of benzene rings is 3. The molecule has 0 fully saturated rings. The molecule has 0 aliphatic carbocycles. The number of carbonyl (C=O) groups is 1. The van der Waals surface area contributed by atoms with E-state index in [4.69, 9.17) is 4.84 Å². The average molecular weight is 289 g/mol. The third-order valence-electron chi connectivity index (χ3n) is 3.32. The van der Waals surface area contributed by atoms with Crippen LogP contribution in [0, 0.1) is 0 Å². The average Bonchev–Trinajstić information content (AvgIpc) is 2.55. The molecule has 108 valence electrons. The van der Waals surface area contributed by atoms with Crippen LogP contribution in [0.5, 0.6) is 0 Å². The van der Waals surface area contributed by atoms with Gasteiger partial charge in [0.05, 0.1) is 12.6 Å². The molecule has 3 aromatic rings. The van der Waals surface area contributed by atoms with Crippen molar-refractivity contribution in [3.63, 3.8) is 0 Å². The van der Waals surface area contributed by atoms with Gasteiger partial charge < -0.3 is 4.84 Å². The predicted molar refractivity (Wildman–Crippen MR) is 87.8 cm³/mol. The molecule has 0 saturated heterocycles. The van der Waals surface area contributed by atoms with Crippen LogP contribution in [0.1, 0.15) is 11.1 Å². The molecule has 3 rings (SSSR count). The maximum absolute atomic E-state index is 11.7. The Kier molecular flexibility index (Phi) is 4.25. The molecule has 0 aliphatic rings. The maximum Gasteiger partial charge on any atom is 0.339 e. The summed E-state index contributed by atoms with van der Waals surface area (Å²) in [4.78, 5) is 16.6. The summed E-state index contributed by atoms with van der Waals surface area (Å²) in [6.07, 6.45) is 1.77. The van der Waals surface area contributed by atoms with Crippen molar-refractivity contribution in [3.8, 4) is 0 Å². The van der Waals surface area contributed by atoms with E-state index in [1.54, 1.807) is 6.21 Å². The number of rotatable bonds is 4. The molecular weight excluding hydrogens is 274 g/mol. The van der Waals surface area contributed by atoms with Gasteiger partial charge >= 0.3 is 5.97 Å². The van der Waals surface area contributed by atoms with Gasteiger partial charge in [0.1, 0.15) is 0 Å². The fourth-order valence-electron chi connectivity index (χ4n) is 2.23. The molecule has 0 N–H and O–H groups in total. The largest absolute Gasteiger partial charge is 0.339 e. The Hall–Kier alpha value is -2.94. The summed E-state index contributed by atoms with van der Waals surface area (Å²) in [5.41, 5.74) is 1.81. The lowest BCUT2D eigenvalue weighted by Gasteiger charge is -2.00. The van der Waals surface area contributed by atoms with Gasteiger partial charge in [-0.15, -0.1) is 0 Å². The molecule has 0 unspecified atom stereocenters. The minimum absolute atomic E-state index is 0.218. The third-order valence-corrected chi connectivity index (χ3v) is 3.32. The highest BCUT2D eigenvalue weighted by Gasteiger charge is 2.03. The molecule has 0 aliphatic heterocycles. The normalized spacial score (nSPS) is 10.9. The van der Waals surface area contributed by atoms with Gasteiger partial charge in [-0.2, -0.15) is 0 Å². The van der Waals surface area contributed by atoms with Crippen molar-refractivity contribution >= 4 is 23.0 Å². The fraction of sp³-hybridized carbons (Fsp3) is 0.0526. The standard InChI is InChI=1S/C19H15NO2/c21-19(13-15-6-2-1-3-7-15)22-20-14-16-10-11-17-8-4-5-9-18(17)12-16/h1-12,14H,13H2/b20-14+. The van der Waals surface area contributed by atoms with Crippen molar-refractivity contribution in [1.82, 2.24) is 0 Å². The van der Waals surface area contributed by atoms with E-state index < -0.39 is 0 Å². The predicted octanol–water partition coefficient (Wildman–Crippen LogP) is 3.96. The molecule has 22 heavy (non-hydrogen) atoms. The van der Waals surface area contributed by atoms with Gasteiger partial charge in [-0.3, -0.25) is 0 Å². The van der Waals surface area contributed by atoms with E-state index >= 15 is 0 Å². The first-order valence-corrected chi connectivity index (χ1v) is 7.07. The number of hydrogen-bond donors (Lipinski definition) is 0. The van der Waals surface area contributed by atoms with Crippen LogP contribution in [-0.2, 0) is 16.1 Å². The van der Waals surface area contributed by atoms with Crippen molar-refractivity contribution in [3.05, 3.63) is 83.9 Å². The highest BCUT2D eigenvalue weighted by molar-refractivity contribution is 5.90. The lowest BCUT2D eigenvalue weighted by molar-refractivity contribution is -0.142. The van der Waals surface area contributed by atoms with Crippen molar-refractivity contribution in [2.24, 2.45) is 5.16 Å². The Balaban J connectivity index is 1.62. The SMILES string of the molecule is O=C(Cc1ccccc1)O/N=C/c1ccc2ccccc2c1. The molecule has 3 heteroatoms. The quantitative estimate of drug-likeness (QED) is 0.414. The Morgan fingerprint density at radius 2 is 1.64 bits per heavy atom. The number of oxime groups is 1. The highest BCUT2D eigenvalue weighted by atomic mass is 16.7. The molecule has 0 aromatic heterocycles. The molecular formula is C19H15NO2. The molecule has 0 heterocycles. The van der Waals surface area contributed by atoms with Crippen LogP contribution in [0.25, 0.3) is 10.8 Å². The van der Waals surface area contributed by atoms with Crippen molar-refractivity contribution < 1.29 is 9.63 Å². The summed E-state index contributed by atoms with van der Waals surface area (Å²) < 4.78 is 0. The second kappa shape index (κ2) is 6.68. The summed E-state index contributed by atoms with van der Waals surface area (Å²) in [7, 11) is 0. The van der Waals surface area contributed by atoms with Gasteiger partial charge in [-0.05, 0) is 28.0 Å². The van der Waals surface area contributed by atoms with Crippen molar-refractivity contribution in [1.29, 1.82) is 0 Å². The zero-order valence-electron chi connectivity index (χ0n) is 12.0. The zero-order chi connectivity index (χ0) is 15.2. The first-order chi connectivity index (χ1) is 10.8. The second-order valence-electron chi connectivity index (χ2n) is 4.97. The molecule has 3 nitrogen and oxygen atoms in total. The third kappa shape index (κ3) is 3.58. The van der Waals surface area contributed by atoms with E-state index in [-0.39, 0.29) is 12.4 Å². The van der Waals surface area contributed by atoms with Gasteiger partial charge in [0, 0.05) is 0 Å². The van der Waals surface area contributed by atoms with E-state index in [0.29, 0.717) is 0 Å². The monoisotopic (exact) mass is 289 g/mol. The van der Waals surface area contributed by atoms with Gasteiger partial charge in [-0.1, -0.05) is 71.9 Å². The molecule has 0 atom stereocenters. The van der Waals surface area contributed by atoms with Gasteiger partial charge in [-0.25, -0.2) is 4.79 Å². The lowest BCUT2D eigenvalue weighted by atomic mass is 10.1. The summed E-state index contributed by atoms with van der Waals surface area (Å²) in [5, 5.41) is 6.06. The van der Waals surface area contributed by atoms with Gasteiger partial charge in [0.15, 0.2) is 0 Å². The number of nitrogens with zero attached hydrogens (tertiary/aromatic N) is 1. The molecule has 0 saturated carbocycles. The molecule has 0 radical (unpaired) electrons. The Morgan fingerprint density at radius 3 is 2.45 bits per heavy atom. The Bertz CT molecular complexity index is 810. The van der Waals surface area contributed by atoms with Gasteiger partial charge in [0.25, 0.3) is 0 Å². The van der Waals surface area contributed by atoms with E-state index in [1.807, 2.05) is 66.7 Å². The van der Waals surface area contributed by atoms with Crippen LogP contribution < -0.4 is 0 Å². The molecule has 3 aromatic carbocycles. The highest BCUT2D eigenvalue weighted by Crippen LogP contribution is 2.14. The van der Waals surface area contributed by atoms with Crippen LogP contribution in [0.15, 0.2) is 78.0 Å². The molecule has 0 spiro atoms. The Labute approximate surface area is 128 Å². The maximum atomic E-state index is 11.7. The van der Waals surface area contributed by atoms with Gasteiger partial charge in [0.2, 0.25) is 0 Å². The summed E-state index contributed by atoms with van der Waals surface area (Å²) in [6, 6.07) is 23.5. The summed E-state index contributed by atoms with van der Waals surface area (Å²) in [5.74, 6) is -0.372. The molecule has 0 amide bonds. The number of hydrogen-bond acceptors (Lipinski definition) is 3. The van der Waals surface area contributed by atoms with Crippen LogP contribution in [0.3, 0.4) is 0 Å². The van der Waals surface area contributed by atoms with E-state index in [0.717, 1.165) is 16.5 Å². The van der Waals surface area contributed by atoms with E-state index in [1.165, 1.54) is 5.39 Å². The van der Waals surface area contributed by atoms with Crippen LogP contribution >= 0.6 is 0 Å². The first kappa shape index (κ1) is 14.0. The van der Waals surface area contributed by atoms with Crippen molar-refractivity contribution in [2.75, 3.05) is 0 Å². The van der Waals surface area contributed by atoms with Crippen LogP contribution in [0.2, 0.25) is 0 Å². The Morgan fingerprint density at radius 1 is 0.909 bits per heavy atom. The zero-order valence-corrected chi connectivity index (χ0v) is 12.0. The smallest absolute Gasteiger partial charge is 0.318 e. The summed E-state index contributed by atoms with van der Waals surface area (Å²) >= 11 is 0. The summed E-state index contributed by atoms with van der Waals surface area (Å²) in [6.45, 7) is 0. The minimum atomic E-state index is -0.372. The van der Waals surface area contributed by atoms with E-state index in [9.17, 15) is 4.79 Å². The van der Waals surface area contributed by atoms with Crippen LogP contribution in [0.4, 0.5) is 0 Å². The number of fused-ring (bicyclic) bond motifs is 1. The fourth-order valence-corrected chi connectivity index (χ4v) is 2.23. The first-order valence-electron chi connectivity index (χ1n) is 7.07. The molecule has 0 bridgehead atoms. The second-order valence-corrected chi connectivity index (χ2v) is 4.97. The van der Waals surface area contributed by atoms with Crippen molar-refractivity contribution in [2.45, 2.75) is 6.42 Å². The van der Waals surface area contributed by atoms with Crippen LogP contribution in [-0.4, -0.2) is 12.2 Å². The number of carbonyl (C=O) groups excluding carboxylic acids is 1. The topological polar surface area (TPSA) is 38.7 Å². The van der Waals surface area contributed by atoms with E-state index in [2.05, 4.69) is 11.2 Å².